The van der Waals surface area contributed by atoms with Gasteiger partial charge in [-0.3, -0.25) is 4.79 Å². The lowest BCUT2D eigenvalue weighted by Gasteiger charge is -2.23. The minimum Gasteiger partial charge on any atom is -0.355 e. The topological polar surface area (TPSA) is 58.1 Å². The molecule has 0 spiro atoms. The molecule has 2 aromatic heterocycles. The number of anilines is 1. The van der Waals surface area contributed by atoms with Gasteiger partial charge in [0.25, 0.3) is 0 Å². The van der Waals surface area contributed by atoms with E-state index < -0.39 is 0 Å². The van der Waals surface area contributed by atoms with Gasteiger partial charge in [0.1, 0.15) is 12.1 Å². The van der Waals surface area contributed by atoms with Crippen LogP contribution in [0.3, 0.4) is 0 Å². The van der Waals surface area contributed by atoms with Crippen molar-refractivity contribution in [3.63, 3.8) is 0 Å². The molecular weight excluding hydrogens is 296 g/mol. The number of nitrogens with one attached hydrogen (secondary N) is 1. The quantitative estimate of drug-likeness (QED) is 0.925. The van der Waals surface area contributed by atoms with Gasteiger partial charge in [-0.2, -0.15) is 0 Å². The number of hydrogen-bond acceptors (Lipinski definition) is 5. The predicted octanol–water partition coefficient (Wildman–Crippen LogP) is 2.74. The molecule has 0 radical (unpaired) electrons. The summed E-state index contributed by atoms with van der Waals surface area (Å²) in [6.07, 6.45) is 2.50. The lowest BCUT2D eigenvalue weighted by molar-refractivity contribution is -0.125. The molecule has 1 fully saturated rings. The lowest BCUT2D eigenvalue weighted by Crippen LogP contribution is -2.44. The van der Waals surface area contributed by atoms with Gasteiger partial charge in [-0.1, -0.05) is 0 Å². The van der Waals surface area contributed by atoms with Crippen LogP contribution in [0.25, 0.3) is 10.2 Å². The number of nitrogens with zero attached hydrogens (tertiary/aromatic N) is 3. The molecule has 1 amide bonds. The second-order valence-electron chi connectivity index (χ2n) is 6.96. The number of amides is 1. The molecule has 1 unspecified atom stereocenters. The fourth-order valence-electron chi connectivity index (χ4n) is 2.82. The van der Waals surface area contributed by atoms with Gasteiger partial charge in [-0.05, 0) is 45.1 Å². The molecule has 1 saturated heterocycles. The first-order valence-corrected chi connectivity index (χ1v) is 8.49. The number of carbonyl (C=O) groups excluding carboxylic acids is 1. The van der Waals surface area contributed by atoms with Gasteiger partial charge in [0.2, 0.25) is 5.91 Å². The summed E-state index contributed by atoms with van der Waals surface area (Å²) in [6, 6.07) is 0. The van der Waals surface area contributed by atoms with E-state index in [-0.39, 0.29) is 17.4 Å². The van der Waals surface area contributed by atoms with Crippen molar-refractivity contribution in [1.82, 2.24) is 15.3 Å². The highest BCUT2D eigenvalue weighted by atomic mass is 32.1. The van der Waals surface area contributed by atoms with Crippen LogP contribution in [0.5, 0.6) is 0 Å². The number of hydrogen-bond donors (Lipinski definition) is 1. The zero-order valence-electron chi connectivity index (χ0n) is 13.5. The average molecular weight is 318 g/mol. The molecule has 3 heterocycles. The van der Waals surface area contributed by atoms with Crippen molar-refractivity contribution in [1.29, 1.82) is 0 Å². The van der Waals surface area contributed by atoms with Crippen LogP contribution in [0.1, 0.15) is 32.8 Å². The minimum absolute atomic E-state index is 0.0327. The molecule has 5 nitrogen and oxygen atoms in total. The second kappa shape index (κ2) is 5.50. The van der Waals surface area contributed by atoms with Crippen LogP contribution in [-0.2, 0) is 4.79 Å². The summed E-state index contributed by atoms with van der Waals surface area (Å²) in [5, 5.41) is 5.19. The Morgan fingerprint density at radius 2 is 2.18 bits per heavy atom. The van der Waals surface area contributed by atoms with Crippen molar-refractivity contribution in [2.24, 2.45) is 5.92 Å². The number of fused-ring (bicyclic) bond motifs is 1. The molecule has 0 aliphatic carbocycles. The maximum absolute atomic E-state index is 12.3. The van der Waals surface area contributed by atoms with E-state index in [1.54, 1.807) is 17.7 Å². The third-order valence-electron chi connectivity index (χ3n) is 3.87. The van der Waals surface area contributed by atoms with Crippen LogP contribution in [0, 0.1) is 12.8 Å². The molecule has 6 heteroatoms. The first-order chi connectivity index (χ1) is 10.3. The molecule has 1 atom stereocenters. The van der Waals surface area contributed by atoms with Crippen LogP contribution >= 0.6 is 11.3 Å². The van der Waals surface area contributed by atoms with Gasteiger partial charge in [-0.15, -0.1) is 11.3 Å². The zero-order valence-corrected chi connectivity index (χ0v) is 14.3. The fourth-order valence-corrected chi connectivity index (χ4v) is 3.84. The van der Waals surface area contributed by atoms with E-state index in [1.807, 2.05) is 20.8 Å². The highest BCUT2D eigenvalue weighted by Gasteiger charge is 2.31. The molecule has 3 rings (SSSR count). The Kier molecular flexibility index (Phi) is 3.80. The second-order valence-corrected chi connectivity index (χ2v) is 7.84. The van der Waals surface area contributed by atoms with Crippen LogP contribution < -0.4 is 10.2 Å². The molecule has 118 valence electrons. The summed E-state index contributed by atoms with van der Waals surface area (Å²) >= 11 is 1.68. The Morgan fingerprint density at radius 3 is 2.91 bits per heavy atom. The van der Waals surface area contributed by atoms with Crippen LogP contribution in [0.2, 0.25) is 0 Å². The first-order valence-electron chi connectivity index (χ1n) is 7.61. The molecule has 1 aliphatic rings. The molecule has 2 aromatic rings. The third kappa shape index (κ3) is 2.92. The summed E-state index contributed by atoms with van der Waals surface area (Å²) in [5.41, 5.74) is 2.03. The van der Waals surface area contributed by atoms with Crippen molar-refractivity contribution in [3.05, 3.63) is 17.3 Å². The number of thiophene rings is 1. The maximum atomic E-state index is 12.3. The van der Waals surface area contributed by atoms with Gasteiger partial charge in [0.15, 0.2) is 0 Å². The van der Waals surface area contributed by atoms with Crippen LogP contribution in [0.4, 0.5) is 5.82 Å². The van der Waals surface area contributed by atoms with Crippen molar-refractivity contribution < 1.29 is 4.79 Å². The van der Waals surface area contributed by atoms with Crippen molar-refractivity contribution in [2.75, 3.05) is 18.0 Å². The van der Waals surface area contributed by atoms with E-state index >= 15 is 0 Å². The number of aryl methyl sites for hydroxylation is 1. The van der Waals surface area contributed by atoms with Crippen LogP contribution in [-0.4, -0.2) is 34.5 Å². The summed E-state index contributed by atoms with van der Waals surface area (Å²) in [4.78, 5) is 23.4. The lowest BCUT2D eigenvalue weighted by atomic mass is 10.0. The van der Waals surface area contributed by atoms with Gasteiger partial charge in [0, 0.05) is 18.6 Å². The number of aromatic nitrogens is 2. The van der Waals surface area contributed by atoms with Gasteiger partial charge < -0.3 is 10.2 Å². The summed E-state index contributed by atoms with van der Waals surface area (Å²) in [5.74, 6) is 1.14. The van der Waals surface area contributed by atoms with Crippen LogP contribution in [0.15, 0.2) is 11.7 Å². The van der Waals surface area contributed by atoms with Gasteiger partial charge in [0.05, 0.1) is 16.1 Å². The highest BCUT2D eigenvalue weighted by molar-refractivity contribution is 7.18. The molecule has 0 bridgehead atoms. The predicted molar refractivity (Wildman–Crippen MR) is 90.4 cm³/mol. The smallest absolute Gasteiger partial charge is 0.225 e. The summed E-state index contributed by atoms with van der Waals surface area (Å²) in [6.45, 7) is 9.70. The Hall–Kier alpha value is -1.69. The van der Waals surface area contributed by atoms with E-state index in [2.05, 4.69) is 32.5 Å². The molecule has 1 N–H and O–H groups in total. The number of carbonyl (C=O) groups is 1. The van der Waals surface area contributed by atoms with E-state index in [4.69, 9.17) is 0 Å². The van der Waals surface area contributed by atoms with E-state index in [0.29, 0.717) is 0 Å². The molecule has 0 aromatic carbocycles. The normalized spacial score (nSPS) is 18.9. The van der Waals surface area contributed by atoms with Gasteiger partial charge >= 0.3 is 0 Å². The van der Waals surface area contributed by atoms with E-state index in [9.17, 15) is 4.79 Å². The highest BCUT2D eigenvalue weighted by Crippen LogP contribution is 2.33. The van der Waals surface area contributed by atoms with Crippen molar-refractivity contribution in [3.8, 4) is 0 Å². The summed E-state index contributed by atoms with van der Waals surface area (Å²) < 4.78 is 1.12. The Bertz CT molecular complexity index is 704. The molecule has 22 heavy (non-hydrogen) atoms. The van der Waals surface area contributed by atoms with Gasteiger partial charge in [-0.25, -0.2) is 9.97 Å². The minimum atomic E-state index is -0.183. The van der Waals surface area contributed by atoms with Crippen molar-refractivity contribution in [2.45, 2.75) is 39.7 Å². The fraction of sp³-hybridized carbons (Fsp3) is 0.562. The summed E-state index contributed by atoms with van der Waals surface area (Å²) in [7, 11) is 0. The van der Waals surface area contributed by atoms with E-state index in [0.717, 1.165) is 35.5 Å². The zero-order chi connectivity index (χ0) is 15.9. The average Bonchev–Trinajstić information content (AvgIpc) is 3.04. The maximum Gasteiger partial charge on any atom is 0.225 e. The Labute approximate surface area is 134 Å². The largest absolute Gasteiger partial charge is 0.355 e. The monoisotopic (exact) mass is 318 g/mol. The Morgan fingerprint density at radius 1 is 1.41 bits per heavy atom. The number of rotatable bonds is 2. The molecular formula is C16H22N4OS. The van der Waals surface area contributed by atoms with E-state index in [1.165, 1.54) is 5.56 Å². The van der Waals surface area contributed by atoms with Crippen molar-refractivity contribution >= 4 is 33.3 Å². The molecule has 1 aliphatic heterocycles. The Balaban J connectivity index is 1.78. The molecule has 0 saturated carbocycles. The standard InChI is InChI=1S/C16H22N4OS/c1-10-8-22-13-12(10)17-9-18-14(13)20-6-5-11(7-20)15(21)19-16(2,3)4/h8-9,11H,5-7H2,1-4H3,(H,19,21). The third-order valence-corrected chi connectivity index (χ3v) is 4.95. The SMILES string of the molecule is Cc1csc2c(N3CCC(C(=O)NC(C)(C)C)C3)ncnc12. The first kappa shape index (κ1) is 15.2.